The second kappa shape index (κ2) is 4.81. The Morgan fingerprint density at radius 2 is 2.33 bits per heavy atom. The van der Waals surface area contributed by atoms with Crippen molar-refractivity contribution in [3.05, 3.63) is 39.7 Å². The largest absolute Gasteiger partial charge is 0.304 e. The van der Waals surface area contributed by atoms with E-state index in [1.165, 1.54) is 12.1 Å². The maximum absolute atomic E-state index is 13.4. The molecule has 1 rings (SSSR count). The first-order valence-electron chi connectivity index (χ1n) is 4.31. The maximum atomic E-state index is 13.4. The highest BCUT2D eigenvalue weighted by Crippen LogP contribution is 2.23. The first-order chi connectivity index (χ1) is 7.06. The first-order valence-corrected chi connectivity index (χ1v) is 4.31. The predicted molar refractivity (Wildman–Crippen MR) is 51.6 cm³/mol. The molecule has 0 bridgehead atoms. The number of nitrogens with two attached hydrogens (primary N) is 1. The molecule has 0 saturated heterocycles. The lowest BCUT2D eigenvalue weighted by atomic mass is 10.0. The summed E-state index contributed by atoms with van der Waals surface area (Å²) in [7, 11) is 0. The van der Waals surface area contributed by atoms with Crippen molar-refractivity contribution in [2.24, 2.45) is 5.90 Å². The van der Waals surface area contributed by atoms with Crippen molar-refractivity contribution in [3.8, 4) is 0 Å². The topological polar surface area (TPSA) is 78.4 Å². The van der Waals surface area contributed by atoms with Gasteiger partial charge < -0.3 is 4.84 Å². The summed E-state index contributed by atoms with van der Waals surface area (Å²) < 4.78 is 13.4. The fourth-order valence-electron chi connectivity index (χ4n) is 1.26. The van der Waals surface area contributed by atoms with E-state index in [9.17, 15) is 14.5 Å². The van der Waals surface area contributed by atoms with E-state index < -0.39 is 10.7 Å². The van der Waals surface area contributed by atoms with Crippen LogP contribution in [0.3, 0.4) is 0 Å². The molecule has 1 atom stereocenters. The van der Waals surface area contributed by atoms with Gasteiger partial charge in [-0.2, -0.15) is 0 Å². The maximum Gasteiger partial charge on any atom is 0.272 e. The lowest BCUT2D eigenvalue weighted by Gasteiger charge is -2.10. The van der Waals surface area contributed by atoms with Crippen molar-refractivity contribution in [3.63, 3.8) is 0 Å². The summed E-state index contributed by atoms with van der Waals surface area (Å²) in [6, 6.07) is 3.52. The Morgan fingerprint density at radius 1 is 1.67 bits per heavy atom. The molecule has 0 fully saturated rings. The van der Waals surface area contributed by atoms with E-state index in [1.54, 1.807) is 6.92 Å². The fraction of sp³-hybridized carbons (Fsp3) is 0.333. The molecular weight excluding hydrogens is 203 g/mol. The van der Waals surface area contributed by atoms with Gasteiger partial charge in [0.15, 0.2) is 0 Å². The van der Waals surface area contributed by atoms with Gasteiger partial charge in [-0.1, -0.05) is 6.92 Å². The normalized spacial score (nSPS) is 12.5. The molecule has 0 radical (unpaired) electrons. The number of halogens is 1. The van der Waals surface area contributed by atoms with Crippen LogP contribution in [-0.4, -0.2) is 11.5 Å². The van der Waals surface area contributed by atoms with Crippen LogP contribution in [0.15, 0.2) is 18.2 Å². The fourth-order valence-corrected chi connectivity index (χ4v) is 1.26. The van der Waals surface area contributed by atoms with Crippen LogP contribution < -0.4 is 5.90 Å². The van der Waals surface area contributed by atoms with E-state index in [0.717, 1.165) is 6.07 Å². The summed E-state index contributed by atoms with van der Waals surface area (Å²) in [4.78, 5) is 14.1. The van der Waals surface area contributed by atoms with E-state index in [2.05, 4.69) is 4.84 Å². The average molecular weight is 214 g/mol. The minimum absolute atomic E-state index is 0.161. The molecule has 0 aromatic heterocycles. The standard InChI is InChI=1S/C9H11FN2O3/c1-6(5-15-11)8-3-2-7(12(13)14)4-9(8)10/h2-4,6H,5,11H2,1H3. The van der Waals surface area contributed by atoms with Gasteiger partial charge in [-0.15, -0.1) is 0 Å². The Kier molecular flexibility index (Phi) is 3.70. The van der Waals surface area contributed by atoms with Crippen molar-refractivity contribution in [1.82, 2.24) is 0 Å². The molecule has 0 spiro atoms. The number of benzene rings is 1. The molecule has 0 aliphatic rings. The van der Waals surface area contributed by atoms with Crippen LogP contribution in [0.1, 0.15) is 18.4 Å². The number of nitrogens with zero attached hydrogens (tertiary/aromatic N) is 1. The Balaban J connectivity index is 2.97. The van der Waals surface area contributed by atoms with E-state index in [1.807, 2.05) is 0 Å². The van der Waals surface area contributed by atoms with Gasteiger partial charge in [0.1, 0.15) is 5.82 Å². The van der Waals surface area contributed by atoms with Crippen LogP contribution in [-0.2, 0) is 4.84 Å². The number of non-ortho nitro benzene ring substituents is 1. The summed E-state index contributed by atoms with van der Waals surface area (Å²) >= 11 is 0. The summed E-state index contributed by atoms with van der Waals surface area (Å²) in [5.74, 6) is 4.01. The Bertz CT molecular complexity index is 370. The third-order valence-corrected chi connectivity index (χ3v) is 2.07. The monoisotopic (exact) mass is 214 g/mol. The molecule has 1 aromatic rings. The molecule has 15 heavy (non-hydrogen) atoms. The number of rotatable bonds is 4. The molecule has 82 valence electrons. The van der Waals surface area contributed by atoms with Gasteiger partial charge in [-0.3, -0.25) is 10.1 Å². The van der Waals surface area contributed by atoms with Crippen LogP contribution >= 0.6 is 0 Å². The number of nitro groups is 1. The molecule has 0 aliphatic heterocycles. The molecule has 0 saturated carbocycles. The molecular formula is C9H11FN2O3. The summed E-state index contributed by atoms with van der Waals surface area (Å²) in [5.41, 5.74) is 0.0863. The van der Waals surface area contributed by atoms with Gasteiger partial charge in [-0.05, 0) is 11.6 Å². The zero-order valence-corrected chi connectivity index (χ0v) is 8.14. The lowest BCUT2D eigenvalue weighted by molar-refractivity contribution is -0.385. The van der Waals surface area contributed by atoms with Gasteiger partial charge in [0, 0.05) is 12.0 Å². The second-order valence-electron chi connectivity index (χ2n) is 3.20. The molecule has 6 heteroatoms. The highest BCUT2D eigenvalue weighted by molar-refractivity contribution is 5.35. The third kappa shape index (κ3) is 2.71. The molecule has 5 nitrogen and oxygen atoms in total. The van der Waals surface area contributed by atoms with E-state index in [0.29, 0.717) is 5.56 Å². The zero-order chi connectivity index (χ0) is 11.4. The first kappa shape index (κ1) is 11.5. The van der Waals surface area contributed by atoms with Crippen LogP contribution in [0.25, 0.3) is 0 Å². The van der Waals surface area contributed by atoms with Crippen molar-refractivity contribution in [2.75, 3.05) is 6.61 Å². The Hall–Kier alpha value is -1.53. The van der Waals surface area contributed by atoms with Crippen LogP contribution in [0, 0.1) is 15.9 Å². The Labute approximate surface area is 85.8 Å². The molecule has 1 unspecified atom stereocenters. The molecule has 1 aromatic carbocycles. The summed E-state index contributed by atoms with van der Waals surface area (Å²) in [6.07, 6.45) is 0. The zero-order valence-electron chi connectivity index (χ0n) is 8.14. The van der Waals surface area contributed by atoms with Gasteiger partial charge in [0.05, 0.1) is 17.6 Å². The predicted octanol–water partition coefficient (Wildman–Crippen LogP) is 1.73. The summed E-state index contributed by atoms with van der Waals surface area (Å²) in [6.45, 7) is 1.88. The van der Waals surface area contributed by atoms with Gasteiger partial charge in [0.2, 0.25) is 0 Å². The average Bonchev–Trinajstić information content (AvgIpc) is 2.17. The Morgan fingerprint density at radius 3 is 2.80 bits per heavy atom. The van der Waals surface area contributed by atoms with Crippen LogP contribution in [0.2, 0.25) is 0 Å². The molecule has 2 N–H and O–H groups in total. The lowest BCUT2D eigenvalue weighted by Crippen LogP contribution is -2.10. The molecule has 0 amide bonds. The van der Waals surface area contributed by atoms with Gasteiger partial charge in [0.25, 0.3) is 5.69 Å². The highest BCUT2D eigenvalue weighted by Gasteiger charge is 2.15. The summed E-state index contributed by atoms with van der Waals surface area (Å²) in [5, 5.41) is 10.4. The van der Waals surface area contributed by atoms with Crippen molar-refractivity contribution >= 4 is 5.69 Å². The molecule has 0 heterocycles. The second-order valence-corrected chi connectivity index (χ2v) is 3.20. The van der Waals surface area contributed by atoms with Gasteiger partial charge in [-0.25, -0.2) is 10.3 Å². The van der Waals surface area contributed by atoms with Crippen LogP contribution in [0.5, 0.6) is 0 Å². The highest BCUT2D eigenvalue weighted by atomic mass is 19.1. The third-order valence-electron chi connectivity index (χ3n) is 2.07. The van der Waals surface area contributed by atoms with E-state index in [-0.39, 0.29) is 18.2 Å². The van der Waals surface area contributed by atoms with Crippen LogP contribution in [0.4, 0.5) is 10.1 Å². The van der Waals surface area contributed by atoms with Crippen molar-refractivity contribution in [2.45, 2.75) is 12.8 Å². The molecule has 0 aliphatic carbocycles. The minimum atomic E-state index is -0.642. The SMILES string of the molecule is CC(CON)c1ccc([N+](=O)[O-])cc1F. The number of nitro benzene ring substituents is 1. The smallest absolute Gasteiger partial charge is 0.272 e. The van der Waals surface area contributed by atoms with Crippen molar-refractivity contribution in [1.29, 1.82) is 0 Å². The number of hydrogen-bond donors (Lipinski definition) is 1. The number of hydrogen-bond acceptors (Lipinski definition) is 4. The quantitative estimate of drug-likeness (QED) is 0.611. The van der Waals surface area contributed by atoms with Crippen molar-refractivity contribution < 1.29 is 14.2 Å². The van der Waals surface area contributed by atoms with Gasteiger partial charge >= 0.3 is 0 Å². The van der Waals surface area contributed by atoms with E-state index in [4.69, 9.17) is 5.90 Å². The van der Waals surface area contributed by atoms with E-state index >= 15 is 0 Å². The minimum Gasteiger partial charge on any atom is -0.304 e.